The molecule has 0 bridgehead atoms. The summed E-state index contributed by atoms with van der Waals surface area (Å²) in [5.74, 6) is 1.62. The van der Waals surface area contributed by atoms with Gasteiger partial charge in [0.05, 0.1) is 21.3 Å². The van der Waals surface area contributed by atoms with Crippen LogP contribution in [0.5, 0.6) is 0 Å². The number of hydrogen-bond acceptors (Lipinski definition) is 3. The molecule has 2 aromatic heterocycles. The number of benzene rings is 10. The maximum Gasteiger partial charge on any atom is 0.235 e. The standard InChI is InChI=1S/C63H42N4S/c1-6-19-41(20-7-1)48-35-33-45(39-54(48)42-21-8-2-9-22-42)46-34-36-49(55(40-46)63-65-61(43-23-10-3-11-24-43)64-62(66-63)44-25-12-4-13-26-44)51-30-18-32-57-58(51)53-38-37-52-50-29-16-17-31-56(50)67(59(52)60(53)68-57)47-27-14-5-15-28-47/h1-40,61H,(H,64,65,66)/p+1. The summed E-state index contributed by atoms with van der Waals surface area (Å²) in [4.78, 5) is 11.0. The first-order valence-corrected chi connectivity index (χ1v) is 24.0. The van der Waals surface area contributed by atoms with Gasteiger partial charge in [-0.25, -0.2) is 4.99 Å². The van der Waals surface area contributed by atoms with Crippen LogP contribution in [0, 0.1) is 0 Å². The van der Waals surface area contributed by atoms with Gasteiger partial charge in [-0.05, 0) is 93.0 Å². The van der Waals surface area contributed by atoms with Crippen LogP contribution in [0.4, 0.5) is 0 Å². The van der Waals surface area contributed by atoms with Crippen molar-refractivity contribution < 1.29 is 5.32 Å². The molecule has 2 N–H and O–H groups in total. The predicted octanol–water partition coefficient (Wildman–Crippen LogP) is 15.3. The van der Waals surface area contributed by atoms with Crippen LogP contribution in [0.25, 0.3) is 92.2 Å². The van der Waals surface area contributed by atoms with E-state index in [9.17, 15) is 0 Å². The second kappa shape index (κ2) is 16.7. The molecule has 13 rings (SSSR count). The highest BCUT2D eigenvalue weighted by Crippen LogP contribution is 2.47. The highest BCUT2D eigenvalue weighted by molar-refractivity contribution is 7.26. The molecule has 12 aromatic rings. The minimum atomic E-state index is -0.226. The monoisotopic (exact) mass is 887 g/mol. The smallest absolute Gasteiger partial charge is 0.235 e. The van der Waals surface area contributed by atoms with Crippen molar-refractivity contribution in [1.82, 2.24) is 4.57 Å². The lowest BCUT2D eigenvalue weighted by molar-refractivity contribution is -0.586. The van der Waals surface area contributed by atoms with E-state index in [1.807, 2.05) is 11.3 Å². The second-order valence-corrected chi connectivity index (χ2v) is 18.5. The van der Waals surface area contributed by atoms with Crippen molar-refractivity contribution in [3.8, 4) is 50.2 Å². The number of rotatable bonds is 8. The lowest BCUT2D eigenvalue weighted by Crippen LogP contribution is -2.90. The molecule has 0 saturated carbocycles. The summed E-state index contributed by atoms with van der Waals surface area (Å²) in [5, 5.41) is 7.19. The Bertz CT molecular complexity index is 3910. The number of thiophene rings is 1. The van der Waals surface area contributed by atoms with Crippen LogP contribution < -0.4 is 5.32 Å². The van der Waals surface area contributed by atoms with Crippen molar-refractivity contribution in [1.29, 1.82) is 0 Å². The van der Waals surface area contributed by atoms with Crippen LogP contribution in [0.3, 0.4) is 0 Å². The molecule has 0 radical (unpaired) electrons. The van der Waals surface area contributed by atoms with Crippen LogP contribution in [-0.2, 0) is 0 Å². The van der Waals surface area contributed by atoms with Gasteiger partial charge in [0.2, 0.25) is 12.0 Å². The maximum atomic E-state index is 5.55. The summed E-state index contributed by atoms with van der Waals surface area (Å²) in [6.45, 7) is 0. The zero-order valence-electron chi connectivity index (χ0n) is 37.0. The Balaban J connectivity index is 1.07. The van der Waals surface area contributed by atoms with Crippen molar-refractivity contribution in [3.05, 3.63) is 259 Å². The van der Waals surface area contributed by atoms with Gasteiger partial charge in [-0.1, -0.05) is 194 Å². The van der Waals surface area contributed by atoms with Gasteiger partial charge in [-0.15, -0.1) is 11.3 Å². The first kappa shape index (κ1) is 39.8. The minimum absolute atomic E-state index is 0.226. The largest absolute Gasteiger partial charge is 0.308 e. The van der Waals surface area contributed by atoms with E-state index in [0.29, 0.717) is 5.84 Å². The number of fused-ring (bicyclic) bond motifs is 7. The SMILES string of the molecule is c1ccc(C2=NC(c3cc(-c4ccc(-c5ccccc5)c(-c5ccccc5)c4)ccc3-c3cccc4sc5c(ccc6c7ccccc7n(-c7ccccc7)c65)c34)=NC(c3ccccc3)[NH2+]2)cc1. The number of aliphatic imine (C=N–C) groups is 2. The van der Waals surface area contributed by atoms with Crippen molar-refractivity contribution in [2.24, 2.45) is 9.98 Å². The van der Waals surface area contributed by atoms with Gasteiger partial charge in [-0.2, -0.15) is 4.99 Å². The van der Waals surface area contributed by atoms with Crippen molar-refractivity contribution in [2.45, 2.75) is 6.17 Å². The lowest BCUT2D eigenvalue weighted by Gasteiger charge is -2.21. The lowest BCUT2D eigenvalue weighted by atomic mass is 9.88. The van der Waals surface area contributed by atoms with Crippen LogP contribution in [0.2, 0.25) is 0 Å². The first-order valence-electron chi connectivity index (χ1n) is 23.2. The fourth-order valence-corrected chi connectivity index (χ4v) is 11.5. The minimum Gasteiger partial charge on any atom is -0.308 e. The van der Waals surface area contributed by atoms with Gasteiger partial charge in [0.15, 0.2) is 5.84 Å². The van der Waals surface area contributed by atoms with Gasteiger partial charge in [0.1, 0.15) is 0 Å². The van der Waals surface area contributed by atoms with E-state index >= 15 is 0 Å². The third-order valence-corrected chi connectivity index (χ3v) is 14.6. The van der Waals surface area contributed by atoms with Crippen molar-refractivity contribution in [2.75, 3.05) is 0 Å². The number of nitrogens with zero attached hydrogens (tertiary/aromatic N) is 3. The Kier molecular flexibility index (Phi) is 9.81. The molecule has 68 heavy (non-hydrogen) atoms. The number of nitrogens with two attached hydrogens (primary N) is 1. The number of amidine groups is 2. The average molecular weight is 888 g/mol. The van der Waals surface area contributed by atoms with Crippen LogP contribution in [-0.4, -0.2) is 16.2 Å². The topological polar surface area (TPSA) is 46.3 Å². The molecule has 320 valence electrons. The van der Waals surface area contributed by atoms with E-state index in [-0.39, 0.29) is 6.17 Å². The average Bonchev–Trinajstić information content (AvgIpc) is 3.98. The zero-order chi connectivity index (χ0) is 45.0. The molecule has 1 aliphatic rings. The summed E-state index contributed by atoms with van der Waals surface area (Å²) >= 11 is 1.88. The molecule has 0 aliphatic carbocycles. The molecular weight excluding hydrogens is 845 g/mol. The molecule has 3 heterocycles. The summed E-state index contributed by atoms with van der Waals surface area (Å²) in [6, 6.07) is 87.4. The number of hydrogen-bond donors (Lipinski definition) is 1. The fourth-order valence-electron chi connectivity index (χ4n) is 10.2. The molecular formula is C63H43N4S+. The van der Waals surface area contributed by atoms with E-state index in [1.54, 1.807) is 0 Å². The van der Waals surface area contributed by atoms with Gasteiger partial charge in [0, 0.05) is 43.1 Å². The first-order chi connectivity index (χ1) is 33.7. The highest BCUT2D eigenvalue weighted by Gasteiger charge is 2.28. The van der Waals surface area contributed by atoms with Crippen LogP contribution in [0.15, 0.2) is 253 Å². The predicted molar refractivity (Wildman–Crippen MR) is 286 cm³/mol. The van der Waals surface area contributed by atoms with E-state index in [2.05, 4.69) is 253 Å². The Morgan fingerprint density at radius 1 is 0.412 bits per heavy atom. The Labute approximate surface area is 398 Å². The molecule has 0 spiro atoms. The molecule has 5 heteroatoms. The fraction of sp³-hybridized carbons (Fsp3) is 0.0159. The van der Waals surface area contributed by atoms with Crippen LogP contribution >= 0.6 is 11.3 Å². The molecule has 0 fully saturated rings. The van der Waals surface area contributed by atoms with Crippen LogP contribution in [0.1, 0.15) is 22.9 Å². The van der Waals surface area contributed by atoms with Gasteiger partial charge < -0.3 is 4.57 Å². The zero-order valence-corrected chi connectivity index (χ0v) is 37.8. The summed E-state index contributed by atoms with van der Waals surface area (Å²) < 4.78 is 4.96. The number of quaternary nitrogens is 1. The van der Waals surface area contributed by atoms with Crippen molar-refractivity contribution in [3.63, 3.8) is 0 Å². The highest BCUT2D eigenvalue weighted by atomic mass is 32.1. The summed E-state index contributed by atoms with van der Waals surface area (Å²) in [6.07, 6.45) is -0.226. The van der Waals surface area contributed by atoms with Gasteiger partial charge >= 0.3 is 0 Å². The Hall–Kier alpha value is -8.48. The molecule has 4 nitrogen and oxygen atoms in total. The summed E-state index contributed by atoms with van der Waals surface area (Å²) in [7, 11) is 0. The van der Waals surface area contributed by atoms with E-state index in [1.165, 1.54) is 64.2 Å². The quantitative estimate of drug-likeness (QED) is 0.158. The molecule has 1 atom stereocenters. The summed E-state index contributed by atoms with van der Waals surface area (Å²) in [5.41, 5.74) is 16.0. The van der Waals surface area contributed by atoms with Gasteiger partial charge in [-0.3, -0.25) is 5.32 Å². The van der Waals surface area contributed by atoms with Gasteiger partial charge in [0.25, 0.3) is 0 Å². The molecule has 1 unspecified atom stereocenters. The Morgan fingerprint density at radius 2 is 1.00 bits per heavy atom. The van der Waals surface area contributed by atoms with E-state index in [0.717, 1.165) is 50.5 Å². The molecule has 0 saturated heterocycles. The normalized spacial score (nSPS) is 13.9. The Morgan fingerprint density at radius 3 is 1.72 bits per heavy atom. The molecule has 0 amide bonds. The number of para-hydroxylation sites is 2. The van der Waals surface area contributed by atoms with E-state index < -0.39 is 0 Å². The third kappa shape index (κ3) is 6.87. The number of aromatic nitrogens is 1. The maximum absolute atomic E-state index is 5.55. The van der Waals surface area contributed by atoms with E-state index in [4.69, 9.17) is 9.98 Å². The van der Waals surface area contributed by atoms with Crippen molar-refractivity contribution >= 4 is 65.0 Å². The third-order valence-electron chi connectivity index (χ3n) is 13.4. The molecule has 10 aromatic carbocycles. The molecule has 1 aliphatic heterocycles. The second-order valence-electron chi connectivity index (χ2n) is 17.4.